The number of thiol groups is 1. The third-order valence-electron chi connectivity index (χ3n) is 4.99. The number of imidazole rings is 1. The van der Waals surface area contributed by atoms with Crippen molar-refractivity contribution in [3.8, 4) is 0 Å². The minimum absolute atomic E-state index is 0.0200. The Morgan fingerprint density at radius 1 is 1.00 bits per heavy atom. The molecule has 37 heavy (non-hydrogen) atoms. The minimum Gasteiger partial charge on any atom is -0.481 e. The minimum atomic E-state index is -1.29. The SMILES string of the molecule is NC(N)=NCCCC(NC(=O)C(Cc1cnc[nH]1)NC(=O)C(CS)NC(=O)C(N)CCC(=O)O)C(=O)O. The molecule has 1 aromatic heterocycles. The van der Waals surface area contributed by atoms with Crippen LogP contribution >= 0.6 is 12.6 Å². The van der Waals surface area contributed by atoms with Crippen LogP contribution in [0.15, 0.2) is 17.5 Å². The summed E-state index contributed by atoms with van der Waals surface area (Å²) in [6.45, 7) is 0.161. The Kier molecular flexibility index (Phi) is 13.5. The van der Waals surface area contributed by atoms with Gasteiger partial charge >= 0.3 is 11.9 Å². The molecule has 16 nitrogen and oxygen atoms in total. The fourth-order valence-corrected chi connectivity index (χ4v) is 3.27. The van der Waals surface area contributed by atoms with Crippen molar-refractivity contribution in [2.45, 2.75) is 56.3 Å². The van der Waals surface area contributed by atoms with E-state index >= 15 is 0 Å². The molecule has 1 aromatic rings. The van der Waals surface area contributed by atoms with Gasteiger partial charge in [0.1, 0.15) is 18.1 Å². The molecule has 0 aliphatic rings. The molecule has 0 bridgehead atoms. The maximum atomic E-state index is 13.0. The lowest BCUT2D eigenvalue weighted by atomic mass is 10.1. The zero-order chi connectivity index (χ0) is 28.0. The molecule has 4 atom stereocenters. The van der Waals surface area contributed by atoms with Crippen LogP contribution in [0, 0.1) is 0 Å². The van der Waals surface area contributed by atoms with Crippen molar-refractivity contribution in [1.82, 2.24) is 25.9 Å². The van der Waals surface area contributed by atoms with Crippen LogP contribution in [0.1, 0.15) is 31.4 Å². The number of hydrogen-bond acceptors (Lipinski definition) is 9. The number of aromatic amines is 1. The van der Waals surface area contributed by atoms with Crippen molar-refractivity contribution in [2.75, 3.05) is 12.3 Å². The second kappa shape index (κ2) is 16.0. The quantitative estimate of drug-likeness (QED) is 0.0401. The van der Waals surface area contributed by atoms with E-state index in [9.17, 15) is 29.1 Å². The number of nitrogens with one attached hydrogen (secondary N) is 4. The van der Waals surface area contributed by atoms with Crippen molar-refractivity contribution in [1.29, 1.82) is 0 Å². The van der Waals surface area contributed by atoms with Crippen molar-refractivity contribution in [3.05, 3.63) is 18.2 Å². The maximum absolute atomic E-state index is 13.0. The zero-order valence-electron chi connectivity index (χ0n) is 19.9. The molecular weight excluding hydrogens is 510 g/mol. The summed E-state index contributed by atoms with van der Waals surface area (Å²) >= 11 is 4.06. The number of aromatic nitrogens is 2. The number of amides is 3. The number of carboxylic acid groups (broad SMARTS) is 2. The summed E-state index contributed by atoms with van der Waals surface area (Å²) in [7, 11) is 0. The van der Waals surface area contributed by atoms with Crippen molar-refractivity contribution < 1.29 is 34.2 Å². The summed E-state index contributed by atoms with van der Waals surface area (Å²) in [5, 5.41) is 25.5. The molecule has 1 rings (SSSR count). The lowest BCUT2D eigenvalue weighted by Gasteiger charge is -2.24. The molecule has 4 unspecified atom stereocenters. The summed E-state index contributed by atoms with van der Waals surface area (Å²) in [6.07, 6.45) is 2.53. The molecular formula is C20H33N9O7S. The molecule has 0 aliphatic carbocycles. The average molecular weight is 544 g/mol. The van der Waals surface area contributed by atoms with Crippen LogP contribution in [0.2, 0.25) is 0 Å². The van der Waals surface area contributed by atoms with Crippen LogP contribution in [0.5, 0.6) is 0 Å². The summed E-state index contributed by atoms with van der Waals surface area (Å²) in [6, 6.07) is -4.91. The third-order valence-corrected chi connectivity index (χ3v) is 5.36. The molecule has 0 aromatic carbocycles. The summed E-state index contributed by atoms with van der Waals surface area (Å²) in [5.74, 6) is -5.07. The number of carbonyl (C=O) groups excluding carboxylic acids is 3. The van der Waals surface area contributed by atoms with E-state index in [0.29, 0.717) is 5.69 Å². The van der Waals surface area contributed by atoms with Crippen LogP contribution in [-0.2, 0) is 30.4 Å². The summed E-state index contributed by atoms with van der Waals surface area (Å²) in [4.78, 5) is 70.9. The van der Waals surface area contributed by atoms with Crippen molar-refractivity contribution >= 4 is 48.2 Å². The standard InChI is InChI=1S/C20H33N9O7S/c21-11(3-4-15(30)31)16(32)29-14(8-37)18(34)28-13(6-10-7-24-9-26-10)17(33)27-12(19(35)36)2-1-5-25-20(22)23/h7,9,11-14,37H,1-6,8,21H2,(H,24,26)(H,27,33)(H,28,34)(H,29,32)(H,30,31)(H,35,36)(H4,22,23,25). The highest BCUT2D eigenvalue weighted by Crippen LogP contribution is 2.05. The van der Waals surface area contributed by atoms with Gasteiger partial charge in [0.05, 0.1) is 12.4 Å². The van der Waals surface area contributed by atoms with Gasteiger partial charge in [0.25, 0.3) is 0 Å². The second-order valence-corrected chi connectivity index (χ2v) is 8.34. The monoisotopic (exact) mass is 543 g/mol. The van der Waals surface area contributed by atoms with Gasteiger partial charge < -0.3 is 48.3 Å². The second-order valence-electron chi connectivity index (χ2n) is 7.97. The fraction of sp³-hybridized carbons (Fsp3) is 0.550. The molecule has 0 aliphatic heterocycles. The van der Waals surface area contributed by atoms with E-state index in [2.05, 4.69) is 43.5 Å². The molecule has 0 saturated carbocycles. The number of carbonyl (C=O) groups is 5. The number of carboxylic acids is 2. The van der Waals surface area contributed by atoms with Crippen LogP contribution in [0.4, 0.5) is 0 Å². The Morgan fingerprint density at radius 2 is 1.62 bits per heavy atom. The van der Waals surface area contributed by atoms with Crippen LogP contribution in [-0.4, -0.2) is 92.3 Å². The zero-order valence-corrected chi connectivity index (χ0v) is 20.8. The van der Waals surface area contributed by atoms with Crippen molar-refractivity contribution in [3.63, 3.8) is 0 Å². The average Bonchev–Trinajstić information content (AvgIpc) is 3.34. The number of rotatable bonds is 17. The molecule has 0 spiro atoms. The summed E-state index contributed by atoms with van der Waals surface area (Å²) < 4.78 is 0. The molecule has 206 valence electrons. The Balaban J connectivity index is 2.91. The molecule has 0 radical (unpaired) electrons. The predicted octanol–water partition coefficient (Wildman–Crippen LogP) is -3.33. The highest BCUT2D eigenvalue weighted by atomic mass is 32.1. The van der Waals surface area contributed by atoms with E-state index in [1.165, 1.54) is 12.5 Å². The number of nitrogens with zero attached hydrogens (tertiary/aromatic N) is 2. The van der Waals surface area contributed by atoms with E-state index in [-0.39, 0.29) is 50.4 Å². The molecule has 17 heteroatoms. The first kappa shape index (κ1) is 31.2. The van der Waals surface area contributed by atoms with Crippen LogP contribution in [0.25, 0.3) is 0 Å². The number of aliphatic imine (C=N–C) groups is 1. The Labute approximate surface area is 217 Å². The van der Waals surface area contributed by atoms with E-state index in [4.69, 9.17) is 22.3 Å². The van der Waals surface area contributed by atoms with E-state index in [1.807, 2.05) is 0 Å². The van der Waals surface area contributed by atoms with Gasteiger partial charge in [0.2, 0.25) is 17.7 Å². The number of guanidine groups is 1. The number of nitrogens with two attached hydrogens (primary N) is 3. The van der Waals surface area contributed by atoms with Gasteiger partial charge in [-0.05, 0) is 19.3 Å². The molecule has 0 fully saturated rings. The van der Waals surface area contributed by atoms with Gasteiger partial charge in [-0.2, -0.15) is 12.6 Å². The number of aliphatic carboxylic acids is 2. The largest absolute Gasteiger partial charge is 0.481 e. The molecule has 12 N–H and O–H groups in total. The highest BCUT2D eigenvalue weighted by molar-refractivity contribution is 7.80. The van der Waals surface area contributed by atoms with Gasteiger partial charge in [-0.15, -0.1) is 0 Å². The first-order valence-corrected chi connectivity index (χ1v) is 11.8. The van der Waals surface area contributed by atoms with Crippen LogP contribution in [0.3, 0.4) is 0 Å². The van der Waals surface area contributed by atoms with Gasteiger partial charge in [0.15, 0.2) is 5.96 Å². The first-order chi connectivity index (χ1) is 17.4. The summed E-state index contributed by atoms with van der Waals surface area (Å²) in [5.41, 5.74) is 16.6. The highest BCUT2D eigenvalue weighted by Gasteiger charge is 2.30. The number of H-pyrrole nitrogens is 1. The van der Waals surface area contributed by atoms with Crippen molar-refractivity contribution in [2.24, 2.45) is 22.2 Å². The van der Waals surface area contributed by atoms with Crippen LogP contribution < -0.4 is 33.2 Å². The maximum Gasteiger partial charge on any atom is 0.326 e. The topological polar surface area (TPSA) is 281 Å². The van der Waals surface area contributed by atoms with E-state index < -0.39 is 53.8 Å². The Morgan fingerprint density at radius 3 is 2.16 bits per heavy atom. The third kappa shape index (κ3) is 12.1. The predicted molar refractivity (Wildman–Crippen MR) is 134 cm³/mol. The Hall–Kier alpha value is -3.86. The van der Waals surface area contributed by atoms with E-state index in [0.717, 1.165) is 0 Å². The van der Waals surface area contributed by atoms with Gasteiger partial charge in [-0.3, -0.25) is 24.2 Å². The fourth-order valence-electron chi connectivity index (χ4n) is 3.01. The van der Waals surface area contributed by atoms with Gasteiger partial charge in [-0.1, -0.05) is 0 Å². The van der Waals surface area contributed by atoms with E-state index in [1.54, 1.807) is 0 Å². The normalized spacial score (nSPS) is 13.9. The smallest absolute Gasteiger partial charge is 0.326 e. The molecule has 1 heterocycles. The van der Waals surface area contributed by atoms with Gasteiger partial charge in [-0.25, -0.2) is 9.78 Å². The number of hydrogen-bond donors (Lipinski definition) is 10. The first-order valence-electron chi connectivity index (χ1n) is 11.2. The lowest BCUT2D eigenvalue weighted by molar-refractivity contribution is -0.142. The Bertz CT molecular complexity index is 954. The molecule has 3 amide bonds. The molecule has 0 saturated heterocycles. The van der Waals surface area contributed by atoms with Gasteiger partial charge in [0, 0.05) is 37.0 Å². The lowest BCUT2D eigenvalue weighted by Crippen LogP contribution is -2.58.